The molecule has 1 saturated heterocycles. The van der Waals surface area contributed by atoms with E-state index in [1.807, 2.05) is 6.92 Å². The third kappa shape index (κ3) is 2.72. The standard InChI is InChI=1S/C23H25N3O6/c1-14-12-13-31-23(32-14)17-11-7-6-10-16(17)22(2,18(27)19(23)28)26-21(30)25(20(29)24-26)15-8-4-3-5-9-15/h3-11,14,18-19,27-28H,12-13H2,1-2H3,(H,24,29)/t14-,18+,19-,22-,23-/m0/s1. The molecule has 2 aromatic carbocycles. The summed E-state index contributed by atoms with van der Waals surface area (Å²) in [7, 11) is 0. The van der Waals surface area contributed by atoms with Crippen molar-refractivity contribution in [2.24, 2.45) is 0 Å². The normalized spacial score (nSPS) is 32.1. The number of fused-ring (bicyclic) bond motifs is 2. The van der Waals surface area contributed by atoms with Crippen molar-refractivity contribution in [1.29, 1.82) is 0 Å². The van der Waals surface area contributed by atoms with Crippen LogP contribution < -0.4 is 11.4 Å². The Labute approximate surface area is 183 Å². The predicted octanol–water partition coefficient (Wildman–Crippen LogP) is 0.804. The van der Waals surface area contributed by atoms with Crippen LogP contribution in [0.3, 0.4) is 0 Å². The van der Waals surface area contributed by atoms with Gasteiger partial charge in [-0.05, 0) is 38.0 Å². The van der Waals surface area contributed by atoms with E-state index in [9.17, 15) is 19.8 Å². The molecule has 1 spiro atoms. The Balaban J connectivity index is 1.75. The lowest BCUT2D eigenvalue weighted by atomic mass is 9.70. The average molecular weight is 439 g/mol. The van der Waals surface area contributed by atoms with E-state index in [1.54, 1.807) is 61.5 Å². The Morgan fingerprint density at radius 2 is 1.66 bits per heavy atom. The van der Waals surface area contributed by atoms with Gasteiger partial charge in [0.05, 0.1) is 18.4 Å². The van der Waals surface area contributed by atoms with Crippen LogP contribution in [0.1, 0.15) is 31.4 Å². The summed E-state index contributed by atoms with van der Waals surface area (Å²) < 4.78 is 14.1. The third-order valence-corrected chi connectivity index (χ3v) is 6.60. The summed E-state index contributed by atoms with van der Waals surface area (Å²) in [5, 5.41) is 25.3. The van der Waals surface area contributed by atoms with Crippen molar-refractivity contribution in [1.82, 2.24) is 14.3 Å². The minimum absolute atomic E-state index is 0.204. The van der Waals surface area contributed by atoms with Gasteiger partial charge in [-0.1, -0.05) is 42.5 Å². The molecular formula is C23H25N3O6. The molecule has 0 saturated carbocycles. The number of aliphatic hydroxyl groups is 2. The Hall–Kier alpha value is -2.98. The molecule has 0 unspecified atom stereocenters. The molecule has 5 rings (SSSR count). The molecule has 32 heavy (non-hydrogen) atoms. The third-order valence-electron chi connectivity index (χ3n) is 6.60. The fourth-order valence-corrected chi connectivity index (χ4v) is 4.88. The van der Waals surface area contributed by atoms with Gasteiger partial charge in [-0.3, -0.25) is 0 Å². The SMILES string of the molecule is C[C@H]1CCO[C@]2(O1)c1ccccc1[C@](C)(n1[nH]c(=O)n(-c3ccccc3)c1=O)[C@H](O)[C@@H]2O. The first-order valence-corrected chi connectivity index (χ1v) is 10.6. The number of aliphatic hydroxyl groups excluding tert-OH is 2. The Kier molecular flexibility index (Phi) is 4.75. The highest BCUT2D eigenvalue weighted by Crippen LogP contribution is 2.49. The first-order valence-electron chi connectivity index (χ1n) is 10.6. The van der Waals surface area contributed by atoms with Crippen molar-refractivity contribution in [2.45, 2.75) is 49.9 Å². The Morgan fingerprint density at radius 1 is 1.00 bits per heavy atom. The van der Waals surface area contributed by atoms with Gasteiger partial charge >= 0.3 is 11.4 Å². The molecular weight excluding hydrogens is 414 g/mol. The molecule has 9 nitrogen and oxygen atoms in total. The van der Waals surface area contributed by atoms with E-state index < -0.39 is 34.9 Å². The van der Waals surface area contributed by atoms with E-state index in [1.165, 1.54) is 0 Å². The van der Waals surface area contributed by atoms with Gasteiger partial charge in [0.1, 0.15) is 17.7 Å². The lowest BCUT2D eigenvalue weighted by molar-refractivity contribution is -0.358. The molecule has 1 aromatic heterocycles. The van der Waals surface area contributed by atoms with E-state index >= 15 is 0 Å². The van der Waals surface area contributed by atoms with Crippen molar-refractivity contribution in [3.05, 3.63) is 86.7 Å². The monoisotopic (exact) mass is 439 g/mol. The fourth-order valence-electron chi connectivity index (χ4n) is 4.88. The highest BCUT2D eigenvalue weighted by atomic mass is 16.7. The van der Waals surface area contributed by atoms with E-state index in [4.69, 9.17) is 9.47 Å². The molecule has 5 atom stereocenters. The molecule has 168 valence electrons. The quantitative estimate of drug-likeness (QED) is 0.544. The number of H-pyrrole nitrogens is 1. The maximum Gasteiger partial charge on any atom is 0.352 e. The molecule has 3 N–H and O–H groups in total. The van der Waals surface area contributed by atoms with Crippen LogP contribution in [0.4, 0.5) is 0 Å². The largest absolute Gasteiger partial charge is 0.387 e. The van der Waals surface area contributed by atoms with E-state index in [0.717, 1.165) is 9.25 Å². The van der Waals surface area contributed by atoms with Gasteiger partial charge in [0.2, 0.25) is 5.79 Å². The topological polar surface area (TPSA) is 119 Å². The zero-order valence-corrected chi connectivity index (χ0v) is 17.8. The second kappa shape index (κ2) is 7.28. The van der Waals surface area contributed by atoms with Crippen LogP contribution in [0, 0.1) is 0 Å². The van der Waals surface area contributed by atoms with Crippen LogP contribution in [0.2, 0.25) is 0 Å². The first kappa shape index (κ1) is 20.9. The summed E-state index contributed by atoms with van der Waals surface area (Å²) in [4.78, 5) is 26.2. The van der Waals surface area contributed by atoms with Gasteiger partial charge in [-0.2, -0.15) is 0 Å². The Bertz CT molecular complexity index is 1260. The van der Waals surface area contributed by atoms with Crippen LogP contribution >= 0.6 is 0 Å². The second-order valence-electron chi connectivity index (χ2n) is 8.52. The van der Waals surface area contributed by atoms with Gasteiger partial charge in [-0.25, -0.2) is 23.9 Å². The van der Waals surface area contributed by atoms with Crippen molar-refractivity contribution in [3.8, 4) is 5.69 Å². The zero-order chi connectivity index (χ0) is 22.7. The minimum Gasteiger partial charge on any atom is -0.387 e. The second-order valence-corrected chi connectivity index (χ2v) is 8.52. The zero-order valence-electron chi connectivity index (χ0n) is 17.8. The van der Waals surface area contributed by atoms with Crippen LogP contribution in [0.5, 0.6) is 0 Å². The maximum atomic E-state index is 13.4. The van der Waals surface area contributed by atoms with E-state index in [2.05, 4.69) is 5.10 Å². The summed E-state index contributed by atoms with van der Waals surface area (Å²) >= 11 is 0. The van der Waals surface area contributed by atoms with Gasteiger partial charge in [0.25, 0.3) is 0 Å². The number of hydrogen-bond acceptors (Lipinski definition) is 6. The lowest BCUT2D eigenvalue weighted by Crippen LogP contribution is -2.66. The average Bonchev–Trinajstić information content (AvgIpc) is 3.11. The summed E-state index contributed by atoms with van der Waals surface area (Å²) in [6.45, 7) is 3.82. The Morgan fingerprint density at radius 3 is 2.34 bits per heavy atom. The number of nitrogens with one attached hydrogen (secondary N) is 1. The number of benzene rings is 2. The number of aromatic nitrogens is 3. The molecule has 2 heterocycles. The molecule has 3 aromatic rings. The van der Waals surface area contributed by atoms with Crippen LogP contribution in [-0.4, -0.2) is 49.5 Å². The van der Waals surface area contributed by atoms with Crippen LogP contribution in [0.15, 0.2) is 64.2 Å². The van der Waals surface area contributed by atoms with Crippen molar-refractivity contribution in [2.75, 3.05) is 6.61 Å². The lowest BCUT2D eigenvalue weighted by Gasteiger charge is -2.53. The van der Waals surface area contributed by atoms with Gasteiger partial charge in [0, 0.05) is 5.56 Å². The highest BCUT2D eigenvalue weighted by Gasteiger charge is 2.61. The smallest absolute Gasteiger partial charge is 0.352 e. The predicted molar refractivity (Wildman–Crippen MR) is 115 cm³/mol. The van der Waals surface area contributed by atoms with Gasteiger partial charge in [0.15, 0.2) is 0 Å². The number of para-hydroxylation sites is 1. The number of nitrogens with zero attached hydrogens (tertiary/aromatic N) is 2. The summed E-state index contributed by atoms with van der Waals surface area (Å²) in [6, 6.07) is 15.5. The van der Waals surface area contributed by atoms with E-state index in [0.29, 0.717) is 29.8 Å². The molecule has 2 aliphatic rings. The molecule has 9 heteroatoms. The van der Waals surface area contributed by atoms with Crippen molar-refractivity contribution < 1.29 is 19.7 Å². The van der Waals surface area contributed by atoms with Gasteiger partial charge < -0.3 is 19.7 Å². The molecule has 0 bridgehead atoms. The molecule has 1 aliphatic heterocycles. The highest BCUT2D eigenvalue weighted by molar-refractivity contribution is 5.43. The maximum absolute atomic E-state index is 13.4. The summed E-state index contributed by atoms with van der Waals surface area (Å²) in [6.07, 6.45) is -2.59. The van der Waals surface area contributed by atoms with Crippen molar-refractivity contribution >= 4 is 0 Å². The fraction of sp³-hybridized carbons (Fsp3) is 0.391. The van der Waals surface area contributed by atoms with E-state index in [-0.39, 0.29) is 6.10 Å². The summed E-state index contributed by atoms with van der Waals surface area (Å²) in [5.41, 5.74) is -1.41. The molecule has 0 radical (unpaired) electrons. The van der Waals surface area contributed by atoms with Gasteiger partial charge in [-0.15, -0.1) is 0 Å². The number of aromatic amines is 1. The summed E-state index contributed by atoms with van der Waals surface area (Å²) in [5.74, 6) is -1.57. The number of rotatable bonds is 2. The van der Waals surface area contributed by atoms with Crippen LogP contribution in [0.25, 0.3) is 5.69 Å². The minimum atomic E-state index is -1.57. The first-order chi connectivity index (χ1) is 15.3. The molecule has 0 amide bonds. The molecule has 1 aliphatic carbocycles. The number of ether oxygens (including phenoxy) is 2. The van der Waals surface area contributed by atoms with Crippen LogP contribution in [-0.2, 0) is 20.8 Å². The molecule has 1 fully saturated rings. The van der Waals surface area contributed by atoms with Crippen molar-refractivity contribution in [3.63, 3.8) is 0 Å². The number of hydrogen-bond donors (Lipinski definition) is 3.